The first kappa shape index (κ1) is 15.1. The average molecular weight is 320 g/mol. The summed E-state index contributed by atoms with van der Waals surface area (Å²) >= 11 is 0. The zero-order valence-electron chi connectivity index (χ0n) is 13.2. The molecule has 0 aliphatic carbocycles. The van der Waals surface area contributed by atoms with Crippen molar-refractivity contribution in [2.24, 2.45) is 0 Å². The number of methoxy groups -OCH3 is 1. The second-order valence-corrected chi connectivity index (χ2v) is 6.82. The van der Waals surface area contributed by atoms with Crippen LogP contribution < -0.4 is 5.32 Å². The molecular formula is C17H21FN2O3. The highest BCUT2D eigenvalue weighted by molar-refractivity contribution is 5.89. The highest BCUT2D eigenvalue weighted by atomic mass is 19.1. The molecule has 1 aromatic rings. The molecule has 0 radical (unpaired) electrons. The minimum atomic E-state index is -0.490. The molecule has 2 saturated heterocycles. The van der Waals surface area contributed by atoms with Crippen molar-refractivity contribution in [1.29, 1.82) is 0 Å². The molecule has 6 heteroatoms. The first-order chi connectivity index (χ1) is 11.1. The first-order valence-electron chi connectivity index (χ1n) is 8.08. The van der Waals surface area contributed by atoms with Crippen molar-refractivity contribution in [3.63, 3.8) is 0 Å². The van der Waals surface area contributed by atoms with Crippen LogP contribution in [0.25, 0.3) is 0 Å². The van der Waals surface area contributed by atoms with Crippen LogP contribution in [0.15, 0.2) is 12.1 Å². The van der Waals surface area contributed by atoms with E-state index in [0.717, 1.165) is 44.6 Å². The van der Waals surface area contributed by atoms with E-state index < -0.39 is 5.97 Å². The van der Waals surface area contributed by atoms with Gasteiger partial charge in [-0.1, -0.05) is 0 Å². The number of benzene rings is 1. The molecule has 23 heavy (non-hydrogen) atoms. The predicted octanol–water partition coefficient (Wildman–Crippen LogP) is 1.10. The highest BCUT2D eigenvalue weighted by Crippen LogP contribution is 2.34. The second-order valence-electron chi connectivity index (χ2n) is 6.82. The molecule has 2 bridgehead atoms. The molecular weight excluding hydrogens is 299 g/mol. The van der Waals surface area contributed by atoms with Crippen molar-refractivity contribution < 1.29 is 18.7 Å². The van der Waals surface area contributed by atoms with Gasteiger partial charge < -0.3 is 14.8 Å². The maximum Gasteiger partial charge on any atom is 0.337 e. The van der Waals surface area contributed by atoms with Crippen LogP contribution in [0.3, 0.4) is 0 Å². The van der Waals surface area contributed by atoms with E-state index in [1.54, 1.807) is 6.07 Å². The van der Waals surface area contributed by atoms with Crippen molar-refractivity contribution in [3.8, 4) is 0 Å². The summed E-state index contributed by atoms with van der Waals surface area (Å²) in [6, 6.07) is 3.52. The Morgan fingerprint density at radius 3 is 3.09 bits per heavy atom. The van der Waals surface area contributed by atoms with E-state index in [0.29, 0.717) is 18.2 Å². The zero-order valence-corrected chi connectivity index (χ0v) is 13.2. The molecule has 124 valence electrons. The van der Waals surface area contributed by atoms with Crippen molar-refractivity contribution in [1.82, 2.24) is 10.2 Å². The summed E-state index contributed by atoms with van der Waals surface area (Å²) in [6.45, 7) is 3.91. The number of morpholine rings is 1. The molecule has 5 nitrogen and oxygen atoms in total. The van der Waals surface area contributed by atoms with Gasteiger partial charge in [-0.2, -0.15) is 0 Å². The van der Waals surface area contributed by atoms with E-state index in [9.17, 15) is 9.18 Å². The number of rotatable bonds is 3. The quantitative estimate of drug-likeness (QED) is 0.845. The number of carbonyl (C=O) groups excluding carboxylic acids is 1. The normalized spacial score (nSPS) is 29.6. The molecule has 3 heterocycles. The number of hydrogen-bond donors (Lipinski definition) is 1. The summed E-state index contributed by atoms with van der Waals surface area (Å²) in [5, 5.41) is 3.47. The number of halogens is 1. The van der Waals surface area contributed by atoms with Gasteiger partial charge in [-0.15, -0.1) is 0 Å². The lowest BCUT2D eigenvalue weighted by Gasteiger charge is -2.36. The molecule has 0 amide bonds. The molecule has 2 atom stereocenters. The Bertz CT molecular complexity index is 641. The van der Waals surface area contributed by atoms with E-state index in [2.05, 4.69) is 15.0 Å². The van der Waals surface area contributed by atoms with Gasteiger partial charge in [0.2, 0.25) is 0 Å². The largest absolute Gasteiger partial charge is 0.465 e. The fourth-order valence-electron chi connectivity index (χ4n) is 4.05. The topological polar surface area (TPSA) is 50.8 Å². The Morgan fingerprint density at radius 2 is 2.43 bits per heavy atom. The Morgan fingerprint density at radius 1 is 1.57 bits per heavy atom. The molecule has 2 fully saturated rings. The highest BCUT2D eigenvalue weighted by Gasteiger charge is 2.47. The fourth-order valence-corrected chi connectivity index (χ4v) is 4.05. The summed E-state index contributed by atoms with van der Waals surface area (Å²) in [5.74, 6) is -0.810. The number of fused-ring (bicyclic) bond motifs is 3. The maximum atomic E-state index is 14.4. The summed E-state index contributed by atoms with van der Waals surface area (Å²) in [5.41, 5.74) is 1.79. The van der Waals surface area contributed by atoms with Crippen LogP contribution in [0.4, 0.5) is 4.39 Å². The van der Waals surface area contributed by atoms with E-state index in [4.69, 9.17) is 4.74 Å². The molecule has 3 aliphatic rings. The van der Waals surface area contributed by atoms with Crippen molar-refractivity contribution in [2.75, 3.05) is 33.4 Å². The number of esters is 1. The lowest BCUT2D eigenvalue weighted by Crippen LogP contribution is -2.48. The van der Waals surface area contributed by atoms with Gasteiger partial charge in [0.15, 0.2) is 0 Å². The minimum absolute atomic E-state index is 0.107. The van der Waals surface area contributed by atoms with Crippen LogP contribution in [0, 0.1) is 5.82 Å². The van der Waals surface area contributed by atoms with Crippen LogP contribution >= 0.6 is 0 Å². The summed E-state index contributed by atoms with van der Waals surface area (Å²) in [7, 11) is 1.31. The minimum Gasteiger partial charge on any atom is -0.465 e. The Labute approximate surface area is 134 Å². The molecule has 1 N–H and O–H groups in total. The monoisotopic (exact) mass is 320 g/mol. The van der Waals surface area contributed by atoms with Crippen LogP contribution in [-0.2, 0) is 22.4 Å². The molecule has 0 aromatic heterocycles. The van der Waals surface area contributed by atoms with Gasteiger partial charge in [-0.05, 0) is 30.5 Å². The van der Waals surface area contributed by atoms with E-state index >= 15 is 0 Å². The maximum absolute atomic E-state index is 14.4. The molecule has 0 saturated carbocycles. The number of ether oxygens (including phenoxy) is 2. The lowest BCUT2D eigenvalue weighted by molar-refractivity contribution is -0.0325. The number of hydrogen-bond acceptors (Lipinski definition) is 5. The number of carbonyl (C=O) groups is 1. The van der Waals surface area contributed by atoms with E-state index in [1.807, 2.05) is 0 Å². The summed E-state index contributed by atoms with van der Waals surface area (Å²) in [6.07, 6.45) is 1.78. The van der Waals surface area contributed by atoms with Gasteiger partial charge in [0.1, 0.15) is 5.82 Å². The Balaban J connectivity index is 1.52. The standard InChI is InChI=1S/C17H21FN2O3/c1-22-16(21)12-4-11-2-3-20(7-14(11)15(18)5-12)10-17-6-13(8-23-17)19-9-17/h4-5,13,19H,2-3,6-10H2,1H3/t13-,17-/m0/s1. The molecule has 3 aliphatic heterocycles. The van der Waals surface area contributed by atoms with Crippen LogP contribution in [0.1, 0.15) is 27.9 Å². The summed E-state index contributed by atoms with van der Waals surface area (Å²) < 4.78 is 25.1. The lowest BCUT2D eigenvalue weighted by atomic mass is 9.94. The van der Waals surface area contributed by atoms with Gasteiger partial charge in [-0.25, -0.2) is 9.18 Å². The van der Waals surface area contributed by atoms with E-state index in [-0.39, 0.29) is 17.0 Å². The molecule has 4 rings (SSSR count). The van der Waals surface area contributed by atoms with Crippen LogP contribution in [0.2, 0.25) is 0 Å². The van der Waals surface area contributed by atoms with Crippen molar-refractivity contribution in [3.05, 3.63) is 34.6 Å². The van der Waals surface area contributed by atoms with Crippen LogP contribution in [0.5, 0.6) is 0 Å². The third kappa shape index (κ3) is 2.65. The Hall–Kier alpha value is -1.50. The van der Waals surface area contributed by atoms with Crippen molar-refractivity contribution in [2.45, 2.75) is 31.0 Å². The molecule has 0 spiro atoms. The average Bonchev–Trinajstić information content (AvgIpc) is 3.14. The van der Waals surface area contributed by atoms with Crippen LogP contribution in [-0.4, -0.2) is 55.9 Å². The van der Waals surface area contributed by atoms with Gasteiger partial charge >= 0.3 is 5.97 Å². The third-order valence-electron chi connectivity index (χ3n) is 5.22. The second kappa shape index (κ2) is 5.54. The third-order valence-corrected chi connectivity index (χ3v) is 5.22. The number of nitrogens with zero attached hydrogens (tertiary/aromatic N) is 1. The predicted molar refractivity (Wildman–Crippen MR) is 81.8 cm³/mol. The zero-order chi connectivity index (χ0) is 16.0. The van der Waals surface area contributed by atoms with Gasteiger partial charge in [0.25, 0.3) is 0 Å². The van der Waals surface area contributed by atoms with Gasteiger partial charge in [0, 0.05) is 37.8 Å². The number of nitrogens with one attached hydrogen (secondary N) is 1. The molecule has 1 aromatic carbocycles. The SMILES string of the molecule is COC(=O)c1cc(F)c2c(c1)CCN(C[C@]13CN[C@H](CO1)C3)C2. The summed E-state index contributed by atoms with van der Waals surface area (Å²) in [4.78, 5) is 13.9. The smallest absolute Gasteiger partial charge is 0.337 e. The Kier molecular flexibility index (Phi) is 3.63. The van der Waals surface area contributed by atoms with E-state index in [1.165, 1.54) is 13.2 Å². The van der Waals surface area contributed by atoms with Gasteiger partial charge in [-0.3, -0.25) is 4.90 Å². The fraction of sp³-hybridized carbons (Fsp3) is 0.588. The molecule has 0 unspecified atom stereocenters. The van der Waals surface area contributed by atoms with Crippen molar-refractivity contribution >= 4 is 5.97 Å². The van der Waals surface area contributed by atoms with Gasteiger partial charge in [0.05, 0.1) is 24.9 Å². The first-order valence-corrected chi connectivity index (χ1v) is 8.08.